The fourth-order valence-electron chi connectivity index (χ4n) is 3.21. The zero-order valence-electron chi connectivity index (χ0n) is 12.6. The first kappa shape index (κ1) is 13.7. The van der Waals surface area contributed by atoms with Crippen molar-refractivity contribution in [1.82, 2.24) is 5.32 Å². The minimum atomic E-state index is -1.04. The molecule has 0 saturated carbocycles. The van der Waals surface area contributed by atoms with E-state index in [4.69, 9.17) is 0 Å². The molecule has 0 fully saturated rings. The highest BCUT2D eigenvalue weighted by Gasteiger charge is 2.38. The van der Waals surface area contributed by atoms with Gasteiger partial charge in [-0.15, -0.1) is 10.2 Å². The number of hydrogen-bond acceptors (Lipinski definition) is 4. The van der Waals surface area contributed by atoms with Crippen LogP contribution in [0.15, 0.2) is 63.6 Å². The van der Waals surface area contributed by atoms with E-state index in [2.05, 4.69) is 28.5 Å². The van der Waals surface area contributed by atoms with Gasteiger partial charge in [-0.25, -0.2) is 4.79 Å². The first-order valence-electron chi connectivity index (χ1n) is 7.59. The van der Waals surface area contributed by atoms with Gasteiger partial charge in [-0.2, -0.15) is 0 Å². The van der Waals surface area contributed by atoms with Crippen LogP contribution in [0.4, 0.5) is 0 Å². The molecule has 3 aliphatic rings. The second-order valence-corrected chi connectivity index (χ2v) is 5.60. The molecule has 0 spiro atoms. The van der Waals surface area contributed by atoms with E-state index in [1.807, 2.05) is 30.5 Å². The van der Waals surface area contributed by atoms with Gasteiger partial charge in [0.25, 0.3) is 0 Å². The predicted molar refractivity (Wildman–Crippen MR) is 89.2 cm³/mol. The van der Waals surface area contributed by atoms with E-state index in [1.165, 1.54) is 5.70 Å². The van der Waals surface area contributed by atoms with Crippen molar-refractivity contribution in [3.63, 3.8) is 0 Å². The molecule has 0 amide bonds. The Morgan fingerprint density at radius 3 is 2.65 bits per heavy atom. The standard InChI is InChI=1S/C18H15N3O2/c1-2-11-8-7-10(9-19-11)14-12-5-3-4-6-13(12)16-15(14)17(18(22)23)21-20-16/h3-6,8-9,19H,2,7H2,1H3,(H,22,23). The third kappa shape index (κ3) is 1.97. The molecule has 2 aliphatic heterocycles. The SMILES string of the molecule is CCC1=CCC(C2=C3C(C(=O)O)=NN=C3c3ccccc32)=CN1. The van der Waals surface area contributed by atoms with Gasteiger partial charge in [0.2, 0.25) is 0 Å². The van der Waals surface area contributed by atoms with E-state index in [9.17, 15) is 9.90 Å². The molecule has 1 aromatic rings. The van der Waals surface area contributed by atoms with Crippen LogP contribution >= 0.6 is 0 Å². The van der Waals surface area contributed by atoms with Crippen LogP contribution in [0.1, 0.15) is 30.9 Å². The van der Waals surface area contributed by atoms with Gasteiger partial charge in [0, 0.05) is 23.0 Å². The largest absolute Gasteiger partial charge is 0.476 e. The fraction of sp³-hybridized carbons (Fsp3) is 0.167. The smallest absolute Gasteiger partial charge is 0.357 e. The first-order valence-corrected chi connectivity index (χ1v) is 7.59. The molecule has 5 nitrogen and oxygen atoms in total. The quantitative estimate of drug-likeness (QED) is 0.901. The summed E-state index contributed by atoms with van der Waals surface area (Å²) < 4.78 is 0. The van der Waals surface area contributed by atoms with Crippen molar-refractivity contribution >= 4 is 23.0 Å². The van der Waals surface area contributed by atoms with Gasteiger partial charge in [0.05, 0.1) is 0 Å². The molecule has 2 heterocycles. The molecule has 0 aromatic heterocycles. The van der Waals surface area contributed by atoms with Gasteiger partial charge in [-0.3, -0.25) is 0 Å². The molecule has 0 atom stereocenters. The number of carboxylic acid groups (broad SMARTS) is 1. The van der Waals surface area contributed by atoms with Crippen molar-refractivity contribution in [1.29, 1.82) is 0 Å². The van der Waals surface area contributed by atoms with Gasteiger partial charge in [0.15, 0.2) is 5.71 Å². The maximum atomic E-state index is 11.5. The number of fused-ring (bicyclic) bond motifs is 3. The Morgan fingerprint density at radius 1 is 1.22 bits per heavy atom. The number of benzene rings is 1. The van der Waals surface area contributed by atoms with Crippen molar-refractivity contribution in [2.45, 2.75) is 19.8 Å². The van der Waals surface area contributed by atoms with E-state index in [0.717, 1.165) is 35.1 Å². The van der Waals surface area contributed by atoms with Gasteiger partial charge < -0.3 is 10.4 Å². The summed E-state index contributed by atoms with van der Waals surface area (Å²) in [5.74, 6) is -1.04. The Morgan fingerprint density at radius 2 is 2.00 bits per heavy atom. The van der Waals surface area contributed by atoms with Gasteiger partial charge in [-0.05, 0) is 29.6 Å². The molecule has 114 valence electrons. The number of carboxylic acids is 1. The summed E-state index contributed by atoms with van der Waals surface area (Å²) in [6.07, 6.45) is 5.83. The molecule has 1 aliphatic carbocycles. The van der Waals surface area contributed by atoms with Gasteiger partial charge >= 0.3 is 5.97 Å². The van der Waals surface area contributed by atoms with Gasteiger partial charge in [0.1, 0.15) is 5.71 Å². The number of dihydropyridines is 1. The van der Waals surface area contributed by atoms with E-state index in [1.54, 1.807) is 0 Å². The number of rotatable bonds is 3. The number of hydrogen-bond donors (Lipinski definition) is 2. The molecule has 4 rings (SSSR count). The lowest BCUT2D eigenvalue weighted by Crippen LogP contribution is -2.17. The number of nitrogens with one attached hydrogen (secondary N) is 1. The molecule has 0 unspecified atom stereocenters. The fourth-order valence-corrected chi connectivity index (χ4v) is 3.21. The lowest BCUT2D eigenvalue weighted by atomic mass is 9.92. The molecular formula is C18H15N3O2. The molecule has 0 radical (unpaired) electrons. The second kappa shape index (κ2) is 5.05. The van der Waals surface area contributed by atoms with Crippen molar-refractivity contribution in [2.75, 3.05) is 0 Å². The number of carbonyl (C=O) groups is 1. The lowest BCUT2D eigenvalue weighted by Gasteiger charge is -2.17. The summed E-state index contributed by atoms with van der Waals surface area (Å²) in [5.41, 5.74) is 6.47. The zero-order valence-corrected chi connectivity index (χ0v) is 12.6. The Kier molecular flexibility index (Phi) is 3.01. The van der Waals surface area contributed by atoms with Crippen LogP contribution in [0.2, 0.25) is 0 Å². The molecule has 2 N–H and O–H groups in total. The highest BCUT2D eigenvalue weighted by molar-refractivity contribution is 6.56. The van der Waals surface area contributed by atoms with E-state index < -0.39 is 5.97 Å². The van der Waals surface area contributed by atoms with Crippen LogP contribution < -0.4 is 5.32 Å². The van der Waals surface area contributed by atoms with Crippen LogP contribution in [0.5, 0.6) is 0 Å². The Labute approximate surface area is 133 Å². The monoisotopic (exact) mass is 305 g/mol. The summed E-state index contributed by atoms with van der Waals surface area (Å²) in [4.78, 5) is 11.5. The third-order valence-corrected chi connectivity index (χ3v) is 4.33. The Hall–Kier alpha value is -2.95. The first-order chi connectivity index (χ1) is 11.2. The summed E-state index contributed by atoms with van der Waals surface area (Å²) in [6.45, 7) is 2.10. The van der Waals surface area contributed by atoms with Gasteiger partial charge in [-0.1, -0.05) is 37.3 Å². The van der Waals surface area contributed by atoms with Crippen molar-refractivity contribution in [2.24, 2.45) is 10.2 Å². The van der Waals surface area contributed by atoms with Crippen molar-refractivity contribution < 1.29 is 9.90 Å². The normalized spacial score (nSPS) is 18.5. The molecule has 1 aromatic carbocycles. The van der Waals surface area contributed by atoms with E-state index >= 15 is 0 Å². The molecule has 0 saturated heterocycles. The van der Waals surface area contributed by atoms with E-state index in [-0.39, 0.29) is 5.71 Å². The van der Waals surface area contributed by atoms with Crippen LogP contribution in [-0.4, -0.2) is 22.5 Å². The number of allylic oxidation sites excluding steroid dienone is 4. The Bertz CT molecular complexity index is 885. The average Bonchev–Trinajstić information content (AvgIpc) is 3.13. The lowest BCUT2D eigenvalue weighted by molar-refractivity contribution is -0.129. The molecule has 5 heteroatoms. The Balaban J connectivity index is 1.88. The second-order valence-electron chi connectivity index (χ2n) is 5.60. The average molecular weight is 305 g/mol. The van der Waals surface area contributed by atoms with Crippen LogP contribution in [0.25, 0.3) is 5.57 Å². The van der Waals surface area contributed by atoms with Crippen molar-refractivity contribution in [3.8, 4) is 0 Å². The zero-order chi connectivity index (χ0) is 16.0. The third-order valence-electron chi connectivity index (χ3n) is 4.33. The minimum Gasteiger partial charge on any atom is -0.476 e. The van der Waals surface area contributed by atoms with Crippen LogP contribution in [0, 0.1) is 0 Å². The molecular weight excluding hydrogens is 290 g/mol. The number of nitrogens with zero attached hydrogens (tertiary/aromatic N) is 2. The van der Waals surface area contributed by atoms with Crippen molar-refractivity contribution in [3.05, 3.63) is 64.5 Å². The number of aliphatic carboxylic acids is 1. The molecule has 23 heavy (non-hydrogen) atoms. The van der Waals surface area contributed by atoms with Crippen LogP contribution in [-0.2, 0) is 4.79 Å². The van der Waals surface area contributed by atoms with E-state index in [0.29, 0.717) is 11.3 Å². The highest BCUT2D eigenvalue weighted by atomic mass is 16.4. The summed E-state index contributed by atoms with van der Waals surface area (Å²) in [6, 6.07) is 7.87. The highest BCUT2D eigenvalue weighted by Crippen LogP contribution is 2.42. The topological polar surface area (TPSA) is 74.0 Å². The summed E-state index contributed by atoms with van der Waals surface area (Å²) >= 11 is 0. The predicted octanol–water partition coefficient (Wildman–Crippen LogP) is 2.87. The minimum absolute atomic E-state index is 0.0253. The summed E-state index contributed by atoms with van der Waals surface area (Å²) in [5, 5.41) is 20.7. The summed E-state index contributed by atoms with van der Waals surface area (Å²) in [7, 11) is 0. The van der Waals surface area contributed by atoms with Crippen LogP contribution in [0.3, 0.4) is 0 Å². The maximum Gasteiger partial charge on any atom is 0.357 e. The molecule has 0 bridgehead atoms. The maximum absolute atomic E-state index is 11.5.